The van der Waals surface area contributed by atoms with Gasteiger partial charge in [0.05, 0.1) is 11.7 Å². The molecule has 8 nitrogen and oxygen atoms in total. The molecule has 4 rings (SSSR count). The van der Waals surface area contributed by atoms with Crippen LogP contribution in [0.5, 0.6) is 0 Å². The van der Waals surface area contributed by atoms with Crippen molar-refractivity contribution in [2.45, 2.75) is 33.4 Å². The quantitative estimate of drug-likeness (QED) is 0.465. The summed E-state index contributed by atoms with van der Waals surface area (Å²) >= 11 is 1.46. The van der Waals surface area contributed by atoms with Crippen molar-refractivity contribution in [2.24, 2.45) is 0 Å². The van der Waals surface area contributed by atoms with Gasteiger partial charge in [0.15, 0.2) is 6.10 Å². The number of aromatic nitrogens is 4. The minimum Gasteiger partial charge on any atom is -0.451 e. The van der Waals surface area contributed by atoms with Gasteiger partial charge in [0.25, 0.3) is 11.4 Å². The van der Waals surface area contributed by atoms with E-state index in [1.165, 1.54) is 22.2 Å². The summed E-state index contributed by atoms with van der Waals surface area (Å²) in [4.78, 5) is 31.0. The number of carbonyl (C=O) groups excluding carboxylic acids is 1. The molecular weight excluding hydrogens is 392 g/mol. The summed E-state index contributed by atoms with van der Waals surface area (Å²) in [5, 5.41) is 8.48. The number of hydrogen-bond acceptors (Lipinski definition) is 8. The zero-order chi connectivity index (χ0) is 20.5. The summed E-state index contributed by atoms with van der Waals surface area (Å²) in [6.07, 6.45) is 0.622. The lowest BCUT2D eigenvalue weighted by Gasteiger charge is -2.10. The number of esters is 1. The van der Waals surface area contributed by atoms with Crippen molar-refractivity contribution in [2.75, 3.05) is 0 Å². The third-order valence-corrected chi connectivity index (χ3v) is 5.69. The van der Waals surface area contributed by atoms with Gasteiger partial charge in [0.2, 0.25) is 5.89 Å². The van der Waals surface area contributed by atoms with Crippen LogP contribution in [0, 0.1) is 13.8 Å². The average Bonchev–Trinajstić information content (AvgIpc) is 3.31. The van der Waals surface area contributed by atoms with Crippen LogP contribution in [-0.4, -0.2) is 25.7 Å². The normalized spacial score (nSPS) is 12.2. The molecule has 0 bridgehead atoms. The van der Waals surface area contributed by atoms with Gasteiger partial charge in [-0.05, 0) is 38.5 Å². The molecule has 0 unspecified atom stereocenters. The van der Waals surface area contributed by atoms with Crippen LogP contribution in [0.3, 0.4) is 0 Å². The highest BCUT2D eigenvalue weighted by molar-refractivity contribution is 7.18. The molecule has 1 aromatic carbocycles. The largest absolute Gasteiger partial charge is 0.451 e. The number of carbonyl (C=O) groups is 1. The van der Waals surface area contributed by atoms with E-state index in [0.717, 1.165) is 16.0 Å². The highest BCUT2D eigenvalue weighted by Gasteiger charge is 2.20. The van der Waals surface area contributed by atoms with Crippen molar-refractivity contribution in [3.05, 3.63) is 63.3 Å². The summed E-state index contributed by atoms with van der Waals surface area (Å²) in [7, 11) is 0. The zero-order valence-corrected chi connectivity index (χ0v) is 16.9. The first kappa shape index (κ1) is 19.0. The maximum Gasteiger partial charge on any atom is 0.326 e. The summed E-state index contributed by atoms with van der Waals surface area (Å²) < 4.78 is 12.2. The molecule has 4 aromatic rings. The molecule has 148 valence electrons. The predicted octanol–water partition coefficient (Wildman–Crippen LogP) is 3.43. The van der Waals surface area contributed by atoms with E-state index in [-0.39, 0.29) is 18.0 Å². The molecule has 0 spiro atoms. The Morgan fingerprint density at radius 2 is 2.00 bits per heavy atom. The molecule has 0 radical (unpaired) electrons. The number of thiophene rings is 1. The third kappa shape index (κ3) is 3.68. The molecule has 1 atom stereocenters. The Kier molecular flexibility index (Phi) is 4.98. The molecule has 3 heterocycles. The number of aryl methyl sites for hydroxylation is 2. The Morgan fingerprint density at radius 1 is 1.24 bits per heavy atom. The van der Waals surface area contributed by atoms with E-state index < -0.39 is 12.1 Å². The number of fused-ring (bicyclic) bond motifs is 1. The molecule has 0 saturated heterocycles. The van der Waals surface area contributed by atoms with E-state index in [1.54, 1.807) is 6.92 Å². The van der Waals surface area contributed by atoms with Crippen LogP contribution >= 0.6 is 11.3 Å². The van der Waals surface area contributed by atoms with Crippen LogP contribution in [0.25, 0.3) is 21.7 Å². The van der Waals surface area contributed by atoms with Crippen LogP contribution in [0.1, 0.15) is 29.4 Å². The van der Waals surface area contributed by atoms with Crippen molar-refractivity contribution >= 4 is 27.5 Å². The SMILES string of the molecule is Cc1sc2ncn(CC(=O)O[C@@H](C)c3nnc(-c4ccccc4)o3)c(=O)c2c1C. The van der Waals surface area contributed by atoms with E-state index in [0.29, 0.717) is 16.1 Å². The van der Waals surface area contributed by atoms with Crippen LogP contribution < -0.4 is 5.56 Å². The lowest BCUT2D eigenvalue weighted by molar-refractivity contribution is -0.150. The number of rotatable bonds is 5. The molecule has 0 amide bonds. The maximum atomic E-state index is 12.7. The number of ether oxygens (including phenoxy) is 1. The first-order chi connectivity index (χ1) is 13.9. The Hall–Kier alpha value is -3.33. The van der Waals surface area contributed by atoms with Gasteiger partial charge in [-0.25, -0.2) is 4.98 Å². The fourth-order valence-corrected chi connectivity index (χ4v) is 3.89. The van der Waals surface area contributed by atoms with E-state index in [1.807, 2.05) is 44.2 Å². The molecule has 0 aliphatic heterocycles. The lowest BCUT2D eigenvalue weighted by atomic mass is 10.2. The number of hydrogen-bond donors (Lipinski definition) is 0. The zero-order valence-electron chi connectivity index (χ0n) is 16.1. The second-order valence-electron chi connectivity index (χ2n) is 6.58. The second kappa shape index (κ2) is 7.59. The minimum absolute atomic E-state index is 0.183. The monoisotopic (exact) mass is 410 g/mol. The summed E-state index contributed by atoms with van der Waals surface area (Å²) in [5.41, 5.74) is 1.40. The van der Waals surface area contributed by atoms with Crippen LogP contribution in [0.2, 0.25) is 0 Å². The van der Waals surface area contributed by atoms with Crippen molar-refractivity contribution in [1.82, 2.24) is 19.7 Å². The van der Waals surface area contributed by atoms with Crippen LogP contribution in [0.4, 0.5) is 0 Å². The standard InChI is InChI=1S/C20H18N4O4S/c1-11-13(3)29-19-16(11)20(26)24(10-21-19)9-15(25)27-12(2)17-22-23-18(28-17)14-7-5-4-6-8-14/h4-8,10,12H,9H2,1-3H3/t12-/m0/s1. The van der Waals surface area contributed by atoms with Gasteiger partial charge in [0.1, 0.15) is 11.4 Å². The second-order valence-corrected chi connectivity index (χ2v) is 7.79. The molecule has 0 aliphatic rings. The van der Waals surface area contributed by atoms with E-state index >= 15 is 0 Å². The Bertz CT molecular complexity index is 1240. The number of nitrogens with zero attached hydrogens (tertiary/aromatic N) is 4. The first-order valence-corrected chi connectivity index (χ1v) is 9.79. The highest BCUT2D eigenvalue weighted by atomic mass is 32.1. The predicted molar refractivity (Wildman–Crippen MR) is 108 cm³/mol. The van der Waals surface area contributed by atoms with Crippen LogP contribution in [-0.2, 0) is 16.1 Å². The summed E-state index contributed by atoms with van der Waals surface area (Å²) in [6, 6.07) is 9.30. The maximum absolute atomic E-state index is 12.7. The molecule has 0 aliphatic carbocycles. The van der Waals surface area contributed by atoms with E-state index in [4.69, 9.17) is 9.15 Å². The summed E-state index contributed by atoms with van der Waals surface area (Å²) in [6.45, 7) is 5.20. The molecule has 0 N–H and O–H groups in total. The Balaban J connectivity index is 1.48. The van der Waals surface area contributed by atoms with Gasteiger partial charge < -0.3 is 9.15 Å². The van der Waals surface area contributed by atoms with E-state index in [2.05, 4.69) is 15.2 Å². The van der Waals surface area contributed by atoms with Gasteiger partial charge >= 0.3 is 5.97 Å². The van der Waals surface area contributed by atoms with Gasteiger partial charge in [-0.1, -0.05) is 18.2 Å². The molecule has 0 saturated carbocycles. The topological polar surface area (TPSA) is 100 Å². The van der Waals surface area contributed by atoms with E-state index in [9.17, 15) is 9.59 Å². The van der Waals surface area contributed by atoms with Crippen LogP contribution in [0.15, 0.2) is 45.9 Å². The smallest absolute Gasteiger partial charge is 0.326 e. The lowest BCUT2D eigenvalue weighted by Crippen LogP contribution is -2.26. The molecule has 9 heteroatoms. The fraction of sp³-hybridized carbons (Fsp3) is 0.250. The van der Waals surface area contributed by atoms with Crippen molar-refractivity contribution in [3.8, 4) is 11.5 Å². The Labute approximate surface area is 169 Å². The molecule has 29 heavy (non-hydrogen) atoms. The van der Waals surface area contributed by atoms with Crippen molar-refractivity contribution < 1.29 is 13.9 Å². The summed E-state index contributed by atoms with van der Waals surface area (Å²) in [5.74, 6) is -0.0649. The average molecular weight is 410 g/mol. The van der Waals surface area contributed by atoms with Gasteiger partial charge in [0, 0.05) is 10.4 Å². The van der Waals surface area contributed by atoms with Gasteiger partial charge in [-0.2, -0.15) is 0 Å². The molecular formula is C20H18N4O4S. The third-order valence-electron chi connectivity index (χ3n) is 4.57. The molecule has 3 aromatic heterocycles. The molecule has 0 fully saturated rings. The fourth-order valence-electron chi connectivity index (χ4n) is 2.90. The van der Waals surface area contributed by atoms with Gasteiger partial charge in [-0.15, -0.1) is 21.5 Å². The van der Waals surface area contributed by atoms with Crippen molar-refractivity contribution in [3.63, 3.8) is 0 Å². The van der Waals surface area contributed by atoms with Gasteiger partial charge in [-0.3, -0.25) is 14.2 Å². The highest BCUT2D eigenvalue weighted by Crippen LogP contribution is 2.25. The Morgan fingerprint density at radius 3 is 2.76 bits per heavy atom. The van der Waals surface area contributed by atoms with Crippen molar-refractivity contribution in [1.29, 1.82) is 0 Å². The minimum atomic E-state index is -0.745. The number of benzene rings is 1. The first-order valence-electron chi connectivity index (χ1n) is 8.97.